The van der Waals surface area contributed by atoms with Gasteiger partial charge in [0.25, 0.3) is 0 Å². The molecule has 92 valence electrons. The van der Waals surface area contributed by atoms with Crippen LogP contribution in [0.1, 0.15) is 30.7 Å². The van der Waals surface area contributed by atoms with E-state index in [0.29, 0.717) is 18.8 Å². The summed E-state index contributed by atoms with van der Waals surface area (Å²) in [5, 5.41) is 20.0. The van der Waals surface area contributed by atoms with Gasteiger partial charge >= 0.3 is 5.97 Å². The number of hydrogen-bond donors (Lipinski definition) is 2. The maximum Gasteiger partial charge on any atom is 0.306 e. The maximum absolute atomic E-state index is 10.8. The predicted molar refractivity (Wildman–Crippen MR) is 61.7 cm³/mol. The van der Waals surface area contributed by atoms with Gasteiger partial charge in [0.15, 0.2) is 0 Å². The highest BCUT2D eigenvalue weighted by molar-refractivity contribution is 5.70. The molecule has 1 saturated carbocycles. The Hall–Kier alpha value is -1.72. The van der Waals surface area contributed by atoms with Gasteiger partial charge in [-0.15, -0.1) is 5.10 Å². The second kappa shape index (κ2) is 4.65. The van der Waals surface area contributed by atoms with Crippen LogP contribution >= 0.6 is 0 Å². The van der Waals surface area contributed by atoms with Gasteiger partial charge < -0.3 is 10.4 Å². The minimum atomic E-state index is -0.714. The lowest BCUT2D eigenvalue weighted by molar-refractivity contribution is -0.141. The van der Waals surface area contributed by atoms with Crippen LogP contribution in [-0.2, 0) is 4.79 Å². The van der Waals surface area contributed by atoms with E-state index in [1.807, 2.05) is 13.8 Å². The summed E-state index contributed by atoms with van der Waals surface area (Å²) in [7, 11) is 0. The van der Waals surface area contributed by atoms with E-state index >= 15 is 0 Å². The normalized spacial score (nSPS) is 23.6. The van der Waals surface area contributed by atoms with Gasteiger partial charge in [-0.2, -0.15) is 5.10 Å². The van der Waals surface area contributed by atoms with Gasteiger partial charge in [0.05, 0.1) is 17.3 Å². The van der Waals surface area contributed by atoms with Gasteiger partial charge in [0, 0.05) is 6.04 Å². The number of anilines is 1. The van der Waals surface area contributed by atoms with Crippen molar-refractivity contribution in [2.24, 2.45) is 5.92 Å². The molecular formula is C11H16N4O2. The van der Waals surface area contributed by atoms with E-state index in [1.54, 1.807) is 0 Å². The Labute approximate surface area is 99.5 Å². The number of aromatic nitrogens is 3. The van der Waals surface area contributed by atoms with Crippen LogP contribution in [0.5, 0.6) is 0 Å². The fourth-order valence-electron chi connectivity index (χ4n) is 2.04. The first-order valence-electron chi connectivity index (χ1n) is 5.73. The molecule has 0 radical (unpaired) electrons. The third kappa shape index (κ3) is 2.69. The second-order valence-corrected chi connectivity index (χ2v) is 4.50. The van der Waals surface area contributed by atoms with Crippen molar-refractivity contribution < 1.29 is 9.90 Å². The van der Waals surface area contributed by atoms with Crippen molar-refractivity contribution in [2.75, 3.05) is 5.32 Å². The topological polar surface area (TPSA) is 88.0 Å². The van der Waals surface area contributed by atoms with Crippen molar-refractivity contribution in [1.82, 2.24) is 15.2 Å². The summed E-state index contributed by atoms with van der Waals surface area (Å²) in [5.41, 5.74) is 1.65. The first-order valence-corrected chi connectivity index (χ1v) is 5.73. The molecule has 0 spiro atoms. The third-order valence-corrected chi connectivity index (χ3v) is 3.21. The molecule has 0 saturated heterocycles. The van der Waals surface area contributed by atoms with Crippen molar-refractivity contribution in [3.63, 3.8) is 0 Å². The van der Waals surface area contributed by atoms with Gasteiger partial charge in [-0.1, -0.05) is 0 Å². The van der Waals surface area contributed by atoms with Gasteiger partial charge in [0.1, 0.15) is 0 Å². The molecule has 0 aromatic carbocycles. The highest BCUT2D eigenvalue weighted by atomic mass is 16.4. The fraction of sp³-hybridized carbons (Fsp3) is 0.636. The van der Waals surface area contributed by atoms with Crippen molar-refractivity contribution in [1.29, 1.82) is 0 Å². The average Bonchev–Trinajstić information content (AvgIpc) is 2.72. The van der Waals surface area contributed by atoms with Crippen LogP contribution in [0, 0.1) is 19.8 Å². The molecule has 1 aromatic heterocycles. The number of aliphatic carboxylic acids is 1. The quantitative estimate of drug-likeness (QED) is 0.818. The number of rotatable bonds is 3. The monoisotopic (exact) mass is 236 g/mol. The molecule has 0 bridgehead atoms. The second-order valence-electron chi connectivity index (χ2n) is 4.50. The van der Waals surface area contributed by atoms with E-state index in [4.69, 9.17) is 5.11 Å². The lowest BCUT2D eigenvalue weighted by Crippen LogP contribution is -2.20. The van der Waals surface area contributed by atoms with Crippen LogP contribution in [0.4, 0.5) is 5.95 Å². The van der Waals surface area contributed by atoms with Crippen molar-refractivity contribution >= 4 is 11.9 Å². The molecule has 1 aliphatic carbocycles. The smallest absolute Gasteiger partial charge is 0.306 e. The summed E-state index contributed by atoms with van der Waals surface area (Å²) in [6.07, 6.45) is 2.18. The summed E-state index contributed by atoms with van der Waals surface area (Å²) in [5.74, 6) is -0.468. The molecule has 1 heterocycles. The van der Waals surface area contributed by atoms with Crippen molar-refractivity contribution in [2.45, 2.75) is 39.2 Å². The van der Waals surface area contributed by atoms with E-state index in [1.165, 1.54) is 0 Å². The Morgan fingerprint density at radius 2 is 2.06 bits per heavy atom. The minimum absolute atomic E-state index is 0.139. The van der Waals surface area contributed by atoms with Gasteiger partial charge in [0.2, 0.25) is 5.95 Å². The number of carboxylic acid groups (broad SMARTS) is 1. The zero-order valence-corrected chi connectivity index (χ0v) is 9.97. The molecule has 2 N–H and O–H groups in total. The number of carbonyl (C=O) groups is 1. The molecule has 2 rings (SSSR count). The van der Waals surface area contributed by atoms with Gasteiger partial charge in [-0.05, 0) is 33.1 Å². The summed E-state index contributed by atoms with van der Waals surface area (Å²) < 4.78 is 0. The first-order chi connectivity index (χ1) is 8.06. The van der Waals surface area contributed by atoms with Crippen LogP contribution in [0.2, 0.25) is 0 Å². The number of aryl methyl sites for hydroxylation is 2. The van der Waals surface area contributed by atoms with Gasteiger partial charge in [-0.3, -0.25) is 4.79 Å². The summed E-state index contributed by atoms with van der Waals surface area (Å²) in [6, 6.07) is 0.139. The summed E-state index contributed by atoms with van der Waals surface area (Å²) in [6.45, 7) is 3.74. The summed E-state index contributed by atoms with van der Waals surface area (Å²) in [4.78, 5) is 15.1. The standard InChI is InChI=1S/C11H16N4O2/c1-6-7(2)14-15-11(12-6)13-9-4-3-8(5-9)10(16)17/h8-9H,3-5H2,1-2H3,(H,16,17)(H,12,13,15)/t8-,9+/m1/s1. The van der Waals surface area contributed by atoms with E-state index in [2.05, 4.69) is 20.5 Å². The Morgan fingerprint density at radius 3 is 2.65 bits per heavy atom. The first kappa shape index (κ1) is 11.8. The number of hydrogen-bond acceptors (Lipinski definition) is 5. The highest BCUT2D eigenvalue weighted by Gasteiger charge is 2.30. The minimum Gasteiger partial charge on any atom is -0.481 e. The molecule has 1 fully saturated rings. The van der Waals surface area contributed by atoms with E-state index in [-0.39, 0.29) is 12.0 Å². The highest BCUT2D eigenvalue weighted by Crippen LogP contribution is 2.27. The molecule has 0 unspecified atom stereocenters. The Morgan fingerprint density at radius 1 is 1.29 bits per heavy atom. The van der Waals surface area contributed by atoms with Crippen LogP contribution in [-0.4, -0.2) is 32.3 Å². The SMILES string of the molecule is Cc1nnc(N[C@H]2CC[C@@H](C(=O)O)C2)nc1C. The maximum atomic E-state index is 10.8. The number of nitrogens with zero attached hydrogens (tertiary/aromatic N) is 3. The Balaban J connectivity index is 1.98. The van der Waals surface area contributed by atoms with Crippen LogP contribution in [0.15, 0.2) is 0 Å². The Bertz CT molecular complexity index is 435. The molecule has 0 aliphatic heterocycles. The molecule has 1 aliphatic rings. The molecular weight excluding hydrogens is 220 g/mol. The summed E-state index contributed by atoms with van der Waals surface area (Å²) >= 11 is 0. The molecule has 6 nitrogen and oxygen atoms in total. The van der Waals surface area contributed by atoms with Crippen LogP contribution in [0.3, 0.4) is 0 Å². The number of carboxylic acids is 1. The molecule has 1 aromatic rings. The van der Waals surface area contributed by atoms with Crippen LogP contribution in [0.25, 0.3) is 0 Å². The average molecular weight is 236 g/mol. The van der Waals surface area contributed by atoms with E-state index in [9.17, 15) is 4.79 Å². The van der Waals surface area contributed by atoms with Crippen molar-refractivity contribution in [3.8, 4) is 0 Å². The molecule has 6 heteroatoms. The predicted octanol–water partition coefficient (Wildman–Crippen LogP) is 1.15. The molecule has 17 heavy (non-hydrogen) atoms. The van der Waals surface area contributed by atoms with E-state index in [0.717, 1.165) is 17.8 Å². The number of nitrogens with one attached hydrogen (secondary N) is 1. The molecule has 0 amide bonds. The zero-order valence-electron chi connectivity index (χ0n) is 9.97. The van der Waals surface area contributed by atoms with Crippen LogP contribution < -0.4 is 5.32 Å². The lowest BCUT2D eigenvalue weighted by atomic mass is 10.1. The fourth-order valence-corrected chi connectivity index (χ4v) is 2.04. The lowest BCUT2D eigenvalue weighted by Gasteiger charge is -2.12. The van der Waals surface area contributed by atoms with Crippen molar-refractivity contribution in [3.05, 3.63) is 11.4 Å². The van der Waals surface area contributed by atoms with Gasteiger partial charge in [-0.25, -0.2) is 4.98 Å². The third-order valence-electron chi connectivity index (χ3n) is 3.21. The van der Waals surface area contributed by atoms with E-state index < -0.39 is 5.97 Å². The molecule has 2 atom stereocenters. The largest absolute Gasteiger partial charge is 0.481 e. The Kier molecular flexibility index (Phi) is 3.21. The zero-order chi connectivity index (χ0) is 12.4.